The van der Waals surface area contributed by atoms with Crippen LogP contribution in [-0.2, 0) is 7.05 Å². The van der Waals surface area contributed by atoms with Crippen LogP contribution in [0.2, 0.25) is 0 Å². The summed E-state index contributed by atoms with van der Waals surface area (Å²) in [5.41, 5.74) is 6.15. The number of halogens is 1. The van der Waals surface area contributed by atoms with Gasteiger partial charge in [-0.3, -0.25) is 0 Å². The number of aromatic nitrogens is 3. The van der Waals surface area contributed by atoms with E-state index >= 15 is 0 Å². The van der Waals surface area contributed by atoms with Crippen molar-refractivity contribution in [3.63, 3.8) is 0 Å². The average Bonchev–Trinajstić information content (AvgIpc) is 3.14. The van der Waals surface area contributed by atoms with Gasteiger partial charge in [0.25, 0.3) is 0 Å². The molecular formula is C28H34FN5. The van der Waals surface area contributed by atoms with Crippen LogP contribution in [0.1, 0.15) is 55.8 Å². The first-order chi connectivity index (χ1) is 16.2. The van der Waals surface area contributed by atoms with Crippen LogP contribution in [0.25, 0.3) is 16.7 Å². The Labute approximate surface area is 201 Å². The molecule has 0 aliphatic carbocycles. The molecule has 6 heteroatoms. The van der Waals surface area contributed by atoms with E-state index in [9.17, 15) is 4.39 Å². The van der Waals surface area contributed by atoms with E-state index in [1.165, 1.54) is 19.3 Å². The fraction of sp³-hybridized carbons (Fsp3) is 0.357. The predicted molar refractivity (Wildman–Crippen MR) is 139 cm³/mol. The Morgan fingerprint density at radius 1 is 1.18 bits per heavy atom. The Kier molecular flexibility index (Phi) is 6.87. The molecule has 0 radical (unpaired) electrons. The molecule has 3 aromatic rings. The highest BCUT2D eigenvalue weighted by Gasteiger charge is 2.18. The van der Waals surface area contributed by atoms with Gasteiger partial charge in [0.1, 0.15) is 17.2 Å². The minimum atomic E-state index is -0.226. The van der Waals surface area contributed by atoms with E-state index in [4.69, 9.17) is 9.97 Å². The quantitative estimate of drug-likeness (QED) is 0.377. The van der Waals surface area contributed by atoms with Crippen molar-refractivity contribution in [1.29, 1.82) is 0 Å². The van der Waals surface area contributed by atoms with Crippen LogP contribution in [0.3, 0.4) is 0 Å². The standard InChI is InChI=1S/C28H34FN5/c1-19(2)34(22(5)23-14-20(3)15-24(29)16-23)13-10-21(4)25-18-32(6)28-27(25)31-26(17-30-28)33-11-8-7-9-12-33/h10,13-18,22H,1,4,7-9,11-12H2,2-3,5-6H3/b13-10-. The first-order valence-electron chi connectivity index (χ1n) is 11.9. The molecule has 0 saturated carbocycles. The lowest BCUT2D eigenvalue weighted by atomic mass is 10.0. The molecule has 1 aliphatic heterocycles. The summed E-state index contributed by atoms with van der Waals surface area (Å²) in [5, 5.41) is 0. The first-order valence-corrected chi connectivity index (χ1v) is 11.9. The van der Waals surface area contributed by atoms with Crippen LogP contribution in [-0.4, -0.2) is 32.5 Å². The maximum Gasteiger partial charge on any atom is 0.159 e. The maximum absolute atomic E-state index is 14.0. The second kappa shape index (κ2) is 9.84. The van der Waals surface area contributed by atoms with E-state index in [0.717, 1.165) is 58.0 Å². The smallest absolute Gasteiger partial charge is 0.159 e. The number of allylic oxidation sites excluding steroid dienone is 3. The number of rotatable bonds is 7. The second-order valence-electron chi connectivity index (χ2n) is 9.32. The topological polar surface area (TPSA) is 37.2 Å². The Hall–Kier alpha value is -3.41. The lowest BCUT2D eigenvalue weighted by molar-refractivity contribution is 0.371. The molecule has 5 nitrogen and oxygen atoms in total. The van der Waals surface area contributed by atoms with Gasteiger partial charge in [0.2, 0.25) is 0 Å². The molecule has 34 heavy (non-hydrogen) atoms. The highest BCUT2D eigenvalue weighted by Crippen LogP contribution is 2.29. The molecule has 0 bridgehead atoms. The minimum absolute atomic E-state index is 0.0750. The molecule has 1 atom stereocenters. The third-order valence-corrected chi connectivity index (χ3v) is 6.52. The van der Waals surface area contributed by atoms with Crippen molar-refractivity contribution < 1.29 is 4.39 Å². The van der Waals surface area contributed by atoms with Crippen molar-refractivity contribution in [1.82, 2.24) is 19.4 Å². The van der Waals surface area contributed by atoms with Gasteiger partial charge < -0.3 is 14.4 Å². The van der Waals surface area contributed by atoms with Gasteiger partial charge in [0.15, 0.2) is 5.65 Å². The summed E-state index contributed by atoms with van der Waals surface area (Å²) in [6.07, 6.45) is 11.5. The van der Waals surface area contributed by atoms with Crippen LogP contribution in [0.15, 0.2) is 61.7 Å². The number of piperidine rings is 1. The van der Waals surface area contributed by atoms with Crippen molar-refractivity contribution in [3.05, 3.63) is 84.2 Å². The molecule has 178 valence electrons. The van der Waals surface area contributed by atoms with Gasteiger partial charge in [-0.05, 0) is 74.9 Å². The summed E-state index contributed by atoms with van der Waals surface area (Å²) in [6.45, 7) is 16.4. The fourth-order valence-electron chi connectivity index (χ4n) is 4.65. The molecule has 1 aromatic carbocycles. The molecule has 1 aliphatic rings. The summed E-state index contributed by atoms with van der Waals surface area (Å²) in [6, 6.07) is 5.06. The number of nitrogens with zero attached hydrogens (tertiary/aromatic N) is 5. The molecule has 0 N–H and O–H groups in total. The highest BCUT2D eigenvalue weighted by atomic mass is 19.1. The van der Waals surface area contributed by atoms with Gasteiger partial charge in [-0.15, -0.1) is 0 Å². The number of aryl methyl sites for hydroxylation is 2. The normalized spacial score (nSPS) is 15.1. The van der Waals surface area contributed by atoms with Crippen molar-refractivity contribution in [2.45, 2.75) is 46.1 Å². The van der Waals surface area contributed by atoms with E-state index < -0.39 is 0 Å². The summed E-state index contributed by atoms with van der Waals surface area (Å²) in [5.74, 6) is 0.700. The highest BCUT2D eigenvalue weighted by molar-refractivity contribution is 5.91. The van der Waals surface area contributed by atoms with Crippen LogP contribution >= 0.6 is 0 Å². The van der Waals surface area contributed by atoms with Gasteiger partial charge in [0.05, 0.1) is 12.2 Å². The third-order valence-electron chi connectivity index (χ3n) is 6.52. The fourth-order valence-corrected chi connectivity index (χ4v) is 4.65. The summed E-state index contributed by atoms with van der Waals surface area (Å²) in [7, 11) is 1.98. The van der Waals surface area contributed by atoms with E-state index in [2.05, 4.69) is 18.1 Å². The molecule has 3 heterocycles. The van der Waals surface area contributed by atoms with E-state index in [0.29, 0.717) is 0 Å². The Morgan fingerprint density at radius 2 is 1.91 bits per heavy atom. The van der Waals surface area contributed by atoms with Gasteiger partial charge in [-0.25, -0.2) is 14.4 Å². The Balaban J connectivity index is 1.62. The van der Waals surface area contributed by atoms with Crippen LogP contribution in [0.5, 0.6) is 0 Å². The molecule has 1 unspecified atom stereocenters. The van der Waals surface area contributed by atoms with Crippen molar-refractivity contribution >= 4 is 22.6 Å². The SMILES string of the molecule is C=C(/C=C\N(C(=C)C)C(C)c1cc(C)cc(F)c1)c1cn(C)c2ncc(N3CCCCC3)nc12. The number of hydrogen-bond donors (Lipinski definition) is 0. The minimum Gasteiger partial charge on any atom is -0.355 e. The van der Waals surface area contributed by atoms with Gasteiger partial charge >= 0.3 is 0 Å². The predicted octanol–water partition coefficient (Wildman–Crippen LogP) is 6.53. The molecule has 0 amide bonds. The third kappa shape index (κ3) is 4.91. The van der Waals surface area contributed by atoms with Gasteiger partial charge in [-0.1, -0.05) is 19.2 Å². The Morgan fingerprint density at radius 3 is 2.59 bits per heavy atom. The van der Waals surface area contributed by atoms with E-state index in [1.54, 1.807) is 12.1 Å². The number of hydrogen-bond acceptors (Lipinski definition) is 4. The molecular weight excluding hydrogens is 425 g/mol. The maximum atomic E-state index is 14.0. The lowest BCUT2D eigenvalue weighted by Crippen LogP contribution is -2.30. The van der Waals surface area contributed by atoms with Crippen LogP contribution in [0.4, 0.5) is 10.2 Å². The zero-order valence-electron chi connectivity index (χ0n) is 20.7. The molecule has 2 aromatic heterocycles. The lowest BCUT2D eigenvalue weighted by Gasteiger charge is -2.29. The van der Waals surface area contributed by atoms with E-state index in [1.807, 2.05) is 68.0 Å². The molecule has 1 fully saturated rings. The monoisotopic (exact) mass is 459 g/mol. The van der Waals surface area contributed by atoms with Gasteiger partial charge in [-0.2, -0.15) is 0 Å². The summed E-state index contributed by atoms with van der Waals surface area (Å²) < 4.78 is 16.0. The number of benzene rings is 1. The van der Waals surface area contributed by atoms with Crippen molar-refractivity contribution in [3.8, 4) is 0 Å². The Bertz CT molecular complexity index is 1230. The largest absolute Gasteiger partial charge is 0.355 e. The van der Waals surface area contributed by atoms with Crippen molar-refractivity contribution in [2.75, 3.05) is 18.0 Å². The van der Waals surface area contributed by atoms with Crippen molar-refractivity contribution in [2.24, 2.45) is 7.05 Å². The zero-order valence-corrected chi connectivity index (χ0v) is 20.7. The van der Waals surface area contributed by atoms with Gasteiger partial charge in [0, 0.05) is 43.8 Å². The second-order valence-corrected chi connectivity index (χ2v) is 9.32. The number of fused-ring (bicyclic) bond motifs is 1. The zero-order chi connectivity index (χ0) is 24.4. The van der Waals surface area contributed by atoms with Crippen LogP contribution in [0, 0.1) is 12.7 Å². The van der Waals surface area contributed by atoms with E-state index in [-0.39, 0.29) is 11.9 Å². The molecule has 4 rings (SSSR count). The van der Waals surface area contributed by atoms with Crippen LogP contribution < -0.4 is 4.90 Å². The average molecular weight is 460 g/mol. The molecule has 0 spiro atoms. The summed E-state index contributed by atoms with van der Waals surface area (Å²) in [4.78, 5) is 14.0. The molecule has 1 saturated heterocycles. The summed E-state index contributed by atoms with van der Waals surface area (Å²) >= 11 is 0. The first kappa shape index (κ1) is 23.7. The number of anilines is 1.